The third-order valence-corrected chi connectivity index (χ3v) is 6.53. The molecule has 2 aromatic carbocycles. The van der Waals surface area contributed by atoms with Crippen molar-refractivity contribution in [2.24, 2.45) is 4.99 Å². The smallest absolute Gasteiger partial charge is 0.271 e. The second kappa shape index (κ2) is 8.99. The van der Waals surface area contributed by atoms with E-state index in [-0.39, 0.29) is 11.5 Å². The highest BCUT2D eigenvalue weighted by atomic mass is 32.1. The molecule has 1 N–H and O–H groups in total. The molecule has 0 radical (unpaired) electrons. The first-order valence-electron chi connectivity index (χ1n) is 10.6. The monoisotopic (exact) mass is 471 g/mol. The standard InChI is InChI=1S/C26H21N3O4S/c1-16-22(24(30)28-18-7-4-3-5-8-18)23(17-10-12-19(32-2)13-11-17)29-25(31)21(34-26(29)27-16)15-20-9-6-14-33-20/h3-15,23H,1-2H3,(H,28,30)/b21-15+/t23-/m1/s1. The van der Waals surface area contributed by atoms with Crippen molar-refractivity contribution in [3.8, 4) is 5.75 Å². The number of methoxy groups -OCH3 is 1. The van der Waals surface area contributed by atoms with Gasteiger partial charge in [-0.2, -0.15) is 0 Å². The summed E-state index contributed by atoms with van der Waals surface area (Å²) in [5.74, 6) is 0.947. The van der Waals surface area contributed by atoms with Gasteiger partial charge in [-0.1, -0.05) is 41.7 Å². The summed E-state index contributed by atoms with van der Waals surface area (Å²) >= 11 is 1.27. The van der Waals surface area contributed by atoms with Crippen LogP contribution in [0.5, 0.6) is 5.75 Å². The Kier molecular flexibility index (Phi) is 5.73. The number of fused-ring (bicyclic) bond motifs is 1. The van der Waals surface area contributed by atoms with E-state index in [2.05, 4.69) is 10.3 Å². The normalized spacial score (nSPS) is 15.6. The zero-order valence-electron chi connectivity index (χ0n) is 18.5. The van der Waals surface area contributed by atoms with Crippen LogP contribution in [0.2, 0.25) is 0 Å². The number of para-hydroxylation sites is 1. The molecule has 3 heterocycles. The summed E-state index contributed by atoms with van der Waals surface area (Å²) in [6.07, 6.45) is 3.25. The molecule has 1 amide bonds. The molecule has 0 aliphatic carbocycles. The van der Waals surface area contributed by atoms with Gasteiger partial charge < -0.3 is 14.5 Å². The van der Waals surface area contributed by atoms with Crippen LogP contribution in [0.1, 0.15) is 24.3 Å². The lowest BCUT2D eigenvalue weighted by atomic mass is 9.95. The predicted octanol–water partition coefficient (Wildman–Crippen LogP) is 3.48. The minimum atomic E-state index is -0.649. The number of rotatable bonds is 5. The number of nitrogens with one attached hydrogen (secondary N) is 1. The van der Waals surface area contributed by atoms with E-state index >= 15 is 0 Å². The van der Waals surface area contributed by atoms with Gasteiger partial charge in [0.15, 0.2) is 4.80 Å². The Morgan fingerprint density at radius 2 is 1.88 bits per heavy atom. The first kappa shape index (κ1) is 21.7. The number of hydrogen-bond donors (Lipinski definition) is 1. The van der Waals surface area contributed by atoms with Crippen molar-refractivity contribution in [3.63, 3.8) is 0 Å². The van der Waals surface area contributed by atoms with Crippen LogP contribution in [0.15, 0.2) is 98.5 Å². The molecular weight excluding hydrogens is 450 g/mol. The summed E-state index contributed by atoms with van der Waals surface area (Å²) in [4.78, 5) is 32.2. The molecule has 4 aromatic rings. The van der Waals surface area contributed by atoms with Crippen LogP contribution < -0.4 is 24.9 Å². The van der Waals surface area contributed by atoms with Crippen LogP contribution in [-0.2, 0) is 4.79 Å². The van der Waals surface area contributed by atoms with Crippen molar-refractivity contribution in [3.05, 3.63) is 115 Å². The van der Waals surface area contributed by atoms with E-state index in [9.17, 15) is 9.59 Å². The van der Waals surface area contributed by atoms with Crippen LogP contribution >= 0.6 is 11.3 Å². The molecule has 8 heteroatoms. The molecule has 34 heavy (non-hydrogen) atoms. The van der Waals surface area contributed by atoms with Crippen LogP contribution in [0.4, 0.5) is 5.69 Å². The van der Waals surface area contributed by atoms with Gasteiger partial charge in [-0.15, -0.1) is 0 Å². The lowest BCUT2D eigenvalue weighted by Crippen LogP contribution is -2.40. The molecule has 0 unspecified atom stereocenters. The fourth-order valence-electron chi connectivity index (χ4n) is 3.94. The third kappa shape index (κ3) is 3.99. The second-order valence-electron chi connectivity index (χ2n) is 7.69. The van der Waals surface area contributed by atoms with Crippen molar-refractivity contribution in [1.29, 1.82) is 0 Å². The highest BCUT2D eigenvalue weighted by molar-refractivity contribution is 7.07. The number of ether oxygens (including phenoxy) is 1. The summed E-state index contributed by atoms with van der Waals surface area (Å²) < 4.78 is 12.7. The number of carbonyl (C=O) groups is 1. The van der Waals surface area contributed by atoms with Crippen molar-refractivity contribution >= 4 is 29.0 Å². The van der Waals surface area contributed by atoms with Crippen LogP contribution in [0.25, 0.3) is 6.08 Å². The Labute approximate surface area is 199 Å². The van der Waals surface area contributed by atoms with Crippen molar-refractivity contribution in [2.75, 3.05) is 12.4 Å². The fourth-order valence-corrected chi connectivity index (χ4v) is 4.96. The first-order valence-corrected chi connectivity index (χ1v) is 11.4. The van der Waals surface area contributed by atoms with E-state index in [1.54, 1.807) is 43.1 Å². The van der Waals surface area contributed by atoms with Gasteiger partial charge in [0.05, 0.1) is 35.2 Å². The number of amides is 1. The number of anilines is 1. The molecule has 1 atom stereocenters. The van der Waals surface area contributed by atoms with Gasteiger partial charge in [0, 0.05) is 11.8 Å². The Bertz CT molecular complexity index is 1550. The van der Waals surface area contributed by atoms with E-state index in [0.29, 0.717) is 37.8 Å². The number of carbonyl (C=O) groups excluding carboxylic acids is 1. The number of hydrogen-bond acceptors (Lipinski definition) is 6. The fraction of sp³-hybridized carbons (Fsp3) is 0.115. The molecule has 1 aliphatic rings. The molecule has 0 saturated heterocycles. The number of benzene rings is 2. The van der Waals surface area contributed by atoms with E-state index in [1.165, 1.54) is 11.3 Å². The maximum absolute atomic E-state index is 13.5. The Balaban J connectivity index is 1.68. The van der Waals surface area contributed by atoms with E-state index < -0.39 is 6.04 Å². The summed E-state index contributed by atoms with van der Waals surface area (Å²) in [5, 5.41) is 2.94. The number of allylic oxidation sites excluding steroid dienone is 1. The summed E-state index contributed by atoms with van der Waals surface area (Å²) in [6, 6.07) is 19.5. The van der Waals surface area contributed by atoms with Gasteiger partial charge in [0.1, 0.15) is 11.5 Å². The zero-order valence-corrected chi connectivity index (χ0v) is 19.3. The number of furan rings is 1. The van der Waals surface area contributed by atoms with Gasteiger partial charge in [0.2, 0.25) is 0 Å². The lowest BCUT2D eigenvalue weighted by molar-refractivity contribution is -0.113. The minimum Gasteiger partial charge on any atom is -0.497 e. The number of nitrogens with zero attached hydrogens (tertiary/aromatic N) is 2. The van der Waals surface area contributed by atoms with Gasteiger partial charge in [-0.3, -0.25) is 14.2 Å². The van der Waals surface area contributed by atoms with Crippen LogP contribution in [0.3, 0.4) is 0 Å². The van der Waals surface area contributed by atoms with Crippen LogP contribution in [-0.4, -0.2) is 17.6 Å². The highest BCUT2D eigenvalue weighted by Crippen LogP contribution is 2.31. The molecular formula is C26H21N3O4S. The van der Waals surface area contributed by atoms with Crippen LogP contribution in [0, 0.1) is 0 Å². The molecule has 7 nitrogen and oxygen atoms in total. The SMILES string of the molecule is COc1ccc([C@@H]2C(C(=O)Nc3ccccc3)=C(C)N=c3s/c(=C/c4ccco4)c(=O)n32)cc1. The van der Waals surface area contributed by atoms with E-state index in [0.717, 1.165) is 5.56 Å². The zero-order chi connectivity index (χ0) is 23.7. The molecule has 2 aromatic heterocycles. The van der Waals surface area contributed by atoms with Gasteiger partial charge >= 0.3 is 0 Å². The van der Waals surface area contributed by atoms with Crippen molar-refractivity contribution in [1.82, 2.24) is 4.57 Å². The van der Waals surface area contributed by atoms with Crippen molar-refractivity contribution < 1.29 is 13.9 Å². The average molecular weight is 472 g/mol. The largest absolute Gasteiger partial charge is 0.497 e. The number of aromatic nitrogens is 1. The average Bonchev–Trinajstić information content (AvgIpc) is 3.47. The maximum atomic E-state index is 13.5. The molecule has 0 spiro atoms. The Morgan fingerprint density at radius 1 is 1.12 bits per heavy atom. The summed E-state index contributed by atoms with van der Waals surface area (Å²) in [6.45, 7) is 1.79. The minimum absolute atomic E-state index is 0.238. The summed E-state index contributed by atoms with van der Waals surface area (Å²) in [5.41, 5.74) is 2.17. The third-order valence-electron chi connectivity index (χ3n) is 5.55. The quantitative estimate of drug-likeness (QED) is 0.483. The highest BCUT2D eigenvalue weighted by Gasteiger charge is 2.32. The summed E-state index contributed by atoms with van der Waals surface area (Å²) in [7, 11) is 1.59. The molecule has 1 aliphatic heterocycles. The van der Waals surface area contributed by atoms with Gasteiger partial charge in [0.25, 0.3) is 11.5 Å². The Morgan fingerprint density at radius 3 is 2.56 bits per heavy atom. The lowest BCUT2D eigenvalue weighted by Gasteiger charge is -2.25. The first-order chi connectivity index (χ1) is 16.5. The van der Waals surface area contributed by atoms with Gasteiger partial charge in [-0.25, -0.2) is 4.99 Å². The molecule has 170 valence electrons. The maximum Gasteiger partial charge on any atom is 0.271 e. The molecule has 0 fully saturated rings. The second-order valence-corrected chi connectivity index (χ2v) is 8.70. The topological polar surface area (TPSA) is 85.8 Å². The van der Waals surface area contributed by atoms with E-state index in [4.69, 9.17) is 9.15 Å². The Hall–Kier alpha value is -4.17. The molecule has 0 bridgehead atoms. The van der Waals surface area contributed by atoms with E-state index in [1.807, 2.05) is 54.6 Å². The molecule has 0 saturated carbocycles. The predicted molar refractivity (Wildman–Crippen MR) is 131 cm³/mol. The van der Waals surface area contributed by atoms with Crippen molar-refractivity contribution in [2.45, 2.75) is 13.0 Å². The number of thiazole rings is 1. The van der Waals surface area contributed by atoms with Gasteiger partial charge in [-0.05, 0) is 48.9 Å². The molecule has 5 rings (SSSR count).